The topological polar surface area (TPSA) is 59.2 Å². The van der Waals surface area contributed by atoms with Gasteiger partial charge in [-0.05, 0) is 28.1 Å². The monoisotopic (exact) mass is 287 g/mol. The number of methoxy groups -OCH3 is 1. The van der Waals surface area contributed by atoms with Gasteiger partial charge in [-0.15, -0.1) is 0 Å². The number of hydrogen-bond acceptors (Lipinski definition) is 4. The smallest absolute Gasteiger partial charge is 0.337 e. The molecule has 1 N–H and O–H groups in total. The molecule has 0 aliphatic heterocycles. The third-order valence-corrected chi connectivity index (χ3v) is 3.72. The van der Waals surface area contributed by atoms with Crippen molar-refractivity contribution in [3.05, 3.63) is 31.8 Å². The molecule has 0 spiro atoms. The van der Waals surface area contributed by atoms with Crippen molar-refractivity contribution in [3.63, 3.8) is 0 Å². The Morgan fingerprint density at radius 1 is 1.53 bits per heavy atom. The van der Waals surface area contributed by atoms with Crippen molar-refractivity contribution >= 4 is 43.5 Å². The first-order chi connectivity index (χ1) is 7.11. The molecule has 1 aromatic heterocycles. The number of rotatable bonds is 1. The predicted octanol–water partition coefficient (Wildman–Crippen LogP) is 2.14. The van der Waals surface area contributed by atoms with E-state index in [4.69, 9.17) is 0 Å². The van der Waals surface area contributed by atoms with E-state index in [0.717, 1.165) is 16.0 Å². The highest BCUT2D eigenvalue weighted by atomic mass is 79.9. The molecule has 1 aromatic carbocycles. The lowest BCUT2D eigenvalue weighted by atomic mass is 10.2. The van der Waals surface area contributed by atoms with E-state index in [-0.39, 0.29) is 4.87 Å². The van der Waals surface area contributed by atoms with Crippen LogP contribution in [0, 0.1) is 0 Å². The molecule has 0 unspecified atom stereocenters. The molecule has 0 radical (unpaired) electrons. The number of aromatic amines is 1. The summed E-state index contributed by atoms with van der Waals surface area (Å²) < 4.78 is 6.11. The van der Waals surface area contributed by atoms with Gasteiger partial charge in [-0.25, -0.2) is 4.79 Å². The minimum absolute atomic E-state index is 0.146. The van der Waals surface area contributed by atoms with Crippen molar-refractivity contribution in [2.75, 3.05) is 7.11 Å². The average Bonchev–Trinajstić information content (AvgIpc) is 2.58. The largest absolute Gasteiger partial charge is 0.465 e. The second kappa shape index (κ2) is 3.79. The van der Waals surface area contributed by atoms with Crippen LogP contribution >= 0.6 is 27.3 Å². The molecule has 15 heavy (non-hydrogen) atoms. The van der Waals surface area contributed by atoms with Crippen molar-refractivity contribution in [3.8, 4) is 0 Å². The minimum atomic E-state index is -0.426. The zero-order valence-electron chi connectivity index (χ0n) is 7.67. The molecule has 4 nitrogen and oxygen atoms in total. The summed E-state index contributed by atoms with van der Waals surface area (Å²) in [7, 11) is 1.32. The summed E-state index contributed by atoms with van der Waals surface area (Å²) >= 11 is 4.40. The molecular formula is C9H6BrNO3S. The average molecular weight is 288 g/mol. The Balaban J connectivity index is 2.71. The highest BCUT2D eigenvalue weighted by Gasteiger charge is 2.11. The molecule has 2 aromatic rings. The SMILES string of the molecule is COC(=O)c1cc(Br)c2sc(=O)[nH]c2c1. The first kappa shape index (κ1) is 10.4. The van der Waals surface area contributed by atoms with E-state index in [0.29, 0.717) is 15.6 Å². The van der Waals surface area contributed by atoms with E-state index in [2.05, 4.69) is 25.7 Å². The number of aromatic nitrogens is 1. The molecular weight excluding hydrogens is 282 g/mol. The van der Waals surface area contributed by atoms with Gasteiger partial charge >= 0.3 is 10.8 Å². The molecule has 0 aliphatic rings. The van der Waals surface area contributed by atoms with Gasteiger partial charge < -0.3 is 9.72 Å². The molecule has 1 heterocycles. The fraction of sp³-hybridized carbons (Fsp3) is 0.111. The molecule has 6 heteroatoms. The van der Waals surface area contributed by atoms with Crippen LogP contribution in [-0.4, -0.2) is 18.1 Å². The first-order valence-corrected chi connectivity index (χ1v) is 5.63. The van der Waals surface area contributed by atoms with Crippen LogP contribution in [0.2, 0.25) is 0 Å². The Kier molecular flexibility index (Phi) is 2.62. The van der Waals surface area contributed by atoms with Crippen LogP contribution in [0.15, 0.2) is 21.4 Å². The molecule has 0 atom stereocenters. The van der Waals surface area contributed by atoms with Crippen LogP contribution in [0.5, 0.6) is 0 Å². The minimum Gasteiger partial charge on any atom is -0.465 e. The lowest BCUT2D eigenvalue weighted by molar-refractivity contribution is 0.0601. The van der Waals surface area contributed by atoms with Gasteiger partial charge in [0.05, 0.1) is 22.9 Å². The summed E-state index contributed by atoms with van der Waals surface area (Å²) in [5.74, 6) is -0.426. The molecule has 0 amide bonds. The van der Waals surface area contributed by atoms with E-state index in [9.17, 15) is 9.59 Å². The standard InChI is InChI=1S/C9H6BrNO3S/c1-14-8(12)4-2-5(10)7-6(3-4)11-9(13)15-7/h2-3H,1H3,(H,11,13). The van der Waals surface area contributed by atoms with Crippen molar-refractivity contribution in [2.45, 2.75) is 0 Å². The van der Waals surface area contributed by atoms with Crippen LogP contribution in [0.1, 0.15) is 10.4 Å². The molecule has 0 aliphatic carbocycles. The van der Waals surface area contributed by atoms with Crippen molar-refractivity contribution in [1.29, 1.82) is 0 Å². The van der Waals surface area contributed by atoms with Gasteiger partial charge in [0.25, 0.3) is 0 Å². The van der Waals surface area contributed by atoms with E-state index in [1.54, 1.807) is 12.1 Å². The summed E-state index contributed by atoms with van der Waals surface area (Å²) in [5.41, 5.74) is 1.05. The quantitative estimate of drug-likeness (QED) is 0.818. The van der Waals surface area contributed by atoms with Gasteiger partial charge in [-0.2, -0.15) is 0 Å². The molecule has 0 bridgehead atoms. The fourth-order valence-electron chi connectivity index (χ4n) is 1.25. The van der Waals surface area contributed by atoms with Gasteiger partial charge in [-0.3, -0.25) is 4.79 Å². The summed E-state index contributed by atoms with van der Waals surface area (Å²) in [5, 5.41) is 0. The van der Waals surface area contributed by atoms with Crippen LogP contribution in [-0.2, 0) is 4.74 Å². The first-order valence-electron chi connectivity index (χ1n) is 4.02. The summed E-state index contributed by atoms with van der Waals surface area (Å²) in [4.78, 5) is 24.9. The van der Waals surface area contributed by atoms with E-state index >= 15 is 0 Å². The number of H-pyrrole nitrogens is 1. The zero-order chi connectivity index (χ0) is 11.0. The summed E-state index contributed by atoms with van der Waals surface area (Å²) in [6.45, 7) is 0. The maximum absolute atomic E-state index is 11.3. The predicted molar refractivity (Wildman–Crippen MR) is 61.5 cm³/mol. The number of carbonyl (C=O) groups is 1. The van der Waals surface area contributed by atoms with Gasteiger partial charge in [-0.1, -0.05) is 11.3 Å². The number of halogens is 1. The van der Waals surface area contributed by atoms with Crippen molar-refractivity contribution in [2.24, 2.45) is 0 Å². The third-order valence-electron chi connectivity index (χ3n) is 1.90. The number of ether oxygens (including phenoxy) is 1. The van der Waals surface area contributed by atoms with E-state index in [1.807, 2.05) is 0 Å². The Hall–Kier alpha value is -1.14. The number of fused-ring (bicyclic) bond motifs is 1. The normalized spacial score (nSPS) is 10.5. The van der Waals surface area contributed by atoms with Gasteiger partial charge in [0.1, 0.15) is 0 Å². The highest BCUT2D eigenvalue weighted by molar-refractivity contribution is 9.10. The number of nitrogens with one attached hydrogen (secondary N) is 1. The number of carbonyl (C=O) groups excluding carboxylic acids is 1. The van der Waals surface area contributed by atoms with Crippen molar-refractivity contribution < 1.29 is 9.53 Å². The number of esters is 1. The number of hydrogen-bond donors (Lipinski definition) is 1. The second-order valence-corrected chi connectivity index (χ2v) is 4.68. The number of thiazole rings is 1. The van der Waals surface area contributed by atoms with Crippen LogP contribution in [0.25, 0.3) is 10.2 Å². The van der Waals surface area contributed by atoms with E-state index in [1.165, 1.54) is 7.11 Å². The van der Waals surface area contributed by atoms with Gasteiger partial charge in [0.15, 0.2) is 0 Å². The Morgan fingerprint density at radius 3 is 2.93 bits per heavy atom. The molecule has 0 fully saturated rings. The zero-order valence-corrected chi connectivity index (χ0v) is 10.1. The lowest BCUT2D eigenvalue weighted by Crippen LogP contribution is -2.00. The Morgan fingerprint density at radius 2 is 2.27 bits per heavy atom. The van der Waals surface area contributed by atoms with Crippen LogP contribution in [0.3, 0.4) is 0 Å². The van der Waals surface area contributed by atoms with Gasteiger partial charge in [0.2, 0.25) is 0 Å². The third kappa shape index (κ3) is 1.82. The van der Waals surface area contributed by atoms with Crippen LogP contribution < -0.4 is 4.87 Å². The Bertz CT molecular complexity index is 587. The van der Waals surface area contributed by atoms with Gasteiger partial charge in [0, 0.05) is 4.47 Å². The maximum Gasteiger partial charge on any atom is 0.337 e. The molecule has 2 rings (SSSR count). The van der Waals surface area contributed by atoms with Crippen molar-refractivity contribution in [1.82, 2.24) is 4.98 Å². The Labute approximate surface area is 97.0 Å². The highest BCUT2D eigenvalue weighted by Crippen LogP contribution is 2.26. The summed E-state index contributed by atoms with van der Waals surface area (Å²) in [6.07, 6.45) is 0. The second-order valence-electron chi connectivity index (χ2n) is 2.84. The maximum atomic E-state index is 11.3. The number of benzene rings is 1. The fourth-order valence-corrected chi connectivity index (χ4v) is 2.68. The van der Waals surface area contributed by atoms with E-state index < -0.39 is 5.97 Å². The lowest BCUT2D eigenvalue weighted by Gasteiger charge is -2.00. The molecule has 0 saturated heterocycles. The molecule has 0 saturated carbocycles. The summed E-state index contributed by atoms with van der Waals surface area (Å²) in [6, 6.07) is 3.24. The molecule has 78 valence electrons. The van der Waals surface area contributed by atoms with Crippen LogP contribution in [0.4, 0.5) is 0 Å².